The second-order valence-electron chi connectivity index (χ2n) is 6.76. The number of carbonyl (C=O) groups excluding carboxylic acids is 2. The van der Waals surface area contributed by atoms with Crippen LogP contribution in [0.2, 0.25) is 0 Å². The van der Waals surface area contributed by atoms with E-state index in [1.807, 2.05) is 24.3 Å². The van der Waals surface area contributed by atoms with Crippen LogP contribution in [0.15, 0.2) is 42.5 Å². The monoisotopic (exact) mass is 414 g/mol. The topological polar surface area (TPSA) is 114 Å². The van der Waals surface area contributed by atoms with E-state index in [2.05, 4.69) is 5.32 Å². The number of carboxylic acids is 1. The lowest BCUT2D eigenvalue weighted by Crippen LogP contribution is -2.75. The summed E-state index contributed by atoms with van der Waals surface area (Å²) in [6.07, 6.45) is -0.277. The highest BCUT2D eigenvalue weighted by Crippen LogP contribution is 2.35. The van der Waals surface area contributed by atoms with Gasteiger partial charge in [-0.1, -0.05) is 6.07 Å². The Labute approximate surface area is 173 Å². The highest BCUT2D eigenvalue weighted by Gasteiger charge is 2.58. The minimum Gasteiger partial charge on any atom is -0.497 e. The van der Waals surface area contributed by atoms with Gasteiger partial charge in [-0.25, -0.2) is 4.79 Å². The van der Waals surface area contributed by atoms with E-state index >= 15 is 0 Å². The lowest BCUT2D eigenvalue weighted by molar-refractivity contribution is -0.182. The van der Waals surface area contributed by atoms with Crippen LogP contribution in [0, 0.1) is 0 Å². The molecule has 2 bridgehead atoms. The molecule has 1 fully saturated rings. The van der Waals surface area contributed by atoms with Crippen molar-refractivity contribution < 1.29 is 33.7 Å². The van der Waals surface area contributed by atoms with Crippen molar-refractivity contribution in [1.29, 1.82) is 0 Å². The third-order valence-corrected chi connectivity index (χ3v) is 4.77. The molecule has 3 heterocycles. The molecule has 2 aromatic rings. The molecular weight excluding hydrogens is 392 g/mol. The highest BCUT2D eigenvalue weighted by atomic mass is 16.5. The summed E-state index contributed by atoms with van der Waals surface area (Å²) in [6, 6.07) is 12.9. The average molecular weight is 414 g/mol. The Kier molecular flexibility index (Phi) is 5.81. The Morgan fingerprint density at radius 2 is 1.83 bits per heavy atom. The zero-order valence-electron chi connectivity index (χ0n) is 16.8. The standard InChI is InChI=1S/C15H18N2O6.C6H4O/c1-9(18)16-15(14(20)21)7-13(19)17(15)8-10-4-5-11(22-2)6-12(10)23-3;1-2-5-4-6(3-1)7-5/h4-6H,7-8H2,1-3H3,(H,16,18)(H,20,21);1-4H. The third-order valence-electron chi connectivity index (χ3n) is 4.77. The van der Waals surface area contributed by atoms with Crippen molar-refractivity contribution in [1.82, 2.24) is 10.2 Å². The number of hydrogen-bond acceptors (Lipinski definition) is 6. The number of carboxylic acid groups (broad SMARTS) is 1. The molecule has 0 aromatic heterocycles. The summed E-state index contributed by atoms with van der Waals surface area (Å²) < 4.78 is 15.4. The van der Waals surface area contributed by atoms with Crippen LogP contribution in [0.3, 0.4) is 0 Å². The molecular formula is C21H22N2O7. The van der Waals surface area contributed by atoms with Crippen molar-refractivity contribution in [2.75, 3.05) is 14.2 Å². The van der Waals surface area contributed by atoms with Gasteiger partial charge in [-0.3, -0.25) is 9.59 Å². The second kappa shape index (κ2) is 8.32. The summed E-state index contributed by atoms with van der Waals surface area (Å²) in [5.41, 5.74) is -1.11. The first kappa shape index (κ1) is 21.0. The smallest absolute Gasteiger partial charge is 0.351 e. The van der Waals surface area contributed by atoms with Gasteiger partial charge in [0.05, 0.1) is 27.2 Å². The number of aliphatic carboxylic acids is 1. The number of likely N-dealkylation sites (tertiary alicyclic amines) is 1. The number of nitrogens with one attached hydrogen (secondary N) is 1. The van der Waals surface area contributed by atoms with E-state index in [0.717, 1.165) is 16.4 Å². The lowest BCUT2D eigenvalue weighted by Gasteiger charge is -2.48. The molecule has 158 valence electrons. The first-order valence-corrected chi connectivity index (χ1v) is 9.10. The van der Waals surface area contributed by atoms with E-state index in [1.165, 1.54) is 21.1 Å². The fraction of sp³-hybridized carbons (Fsp3) is 0.286. The number of fused-ring (bicyclic) bond motifs is 2. The van der Waals surface area contributed by atoms with E-state index in [1.54, 1.807) is 18.2 Å². The van der Waals surface area contributed by atoms with Crippen LogP contribution >= 0.6 is 0 Å². The maximum Gasteiger partial charge on any atom is 0.351 e. The zero-order chi connectivity index (χ0) is 21.9. The Morgan fingerprint density at radius 1 is 1.17 bits per heavy atom. The highest BCUT2D eigenvalue weighted by molar-refractivity contribution is 6.00. The SMILES string of the molecule is COc1ccc(CN2C(=O)CC2(NC(C)=O)C(=O)O)c(OC)c1.c1cc2cc(c1)O2. The van der Waals surface area contributed by atoms with Crippen molar-refractivity contribution in [3.05, 3.63) is 48.0 Å². The Morgan fingerprint density at radius 3 is 2.23 bits per heavy atom. The van der Waals surface area contributed by atoms with Crippen LogP contribution in [0.1, 0.15) is 18.9 Å². The van der Waals surface area contributed by atoms with Crippen LogP contribution in [-0.2, 0) is 20.9 Å². The molecule has 2 amide bonds. The Balaban J connectivity index is 0.000000302. The van der Waals surface area contributed by atoms with Gasteiger partial charge in [-0.2, -0.15) is 0 Å². The number of amides is 2. The molecule has 0 spiro atoms. The fourth-order valence-electron chi connectivity index (χ4n) is 3.23. The van der Waals surface area contributed by atoms with Gasteiger partial charge >= 0.3 is 5.97 Å². The molecule has 1 saturated heterocycles. The Bertz CT molecular complexity index is 966. The number of ether oxygens (including phenoxy) is 3. The molecule has 2 aromatic carbocycles. The quantitative estimate of drug-likeness (QED) is 0.594. The summed E-state index contributed by atoms with van der Waals surface area (Å²) in [5.74, 6) is 0.846. The summed E-state index contributed by atoms with van der Waals surface area (Å²) in [6.45, 7) is 1.21. The molecule has 9 nitrogen and oxygen atoms in total. The van der Waals surface area contributed by atoms with Gasteiger partial charge in [-0.05, 0) is 24.3 Å². The van der Waals surface area contributed by atoms with Crippen LogP contribution in [0.25, 0.3) is 0 Å². The third kappa shape index (κ3) is 4.00. The minimum atomic E-state index is -1.71. The van der Waals surface area contributed by atoms with Crippen LogP contribution in [0.5, 0.6) is 23.0 Å². The van der Waals surface area contributed by atoms with E-state index in [4.69, 9.17) is 14.2 Å². The predicted molar refractivity (Wildman–Crippen MR) is 105 cm³/mol. The molecule has 0 saturated carbocycles. The lowest BCUT2D eigenvalue weighted by atomic mass is 9.91. The number of methoxy groups -OCH3 is 2. The van der Waals surface area contributed by atoms with Gasteiger partial charge in [0.2, 0.25) is 17.5 Å². The minimum absolute atomic E-state index is 0.00141. The van der Waals surface area contributed by atoms with Crippen molar-refractivity contribution in [3.8, 4) is 23.0 Å². The first-order valence-electron chi connectivity index (χ1n) is 9.10. The van der Waals surface area contributed by atoms with Gasteiger partial charge in [0.15, 0.2) is 0 Å². The molecule has 1 unspecified atom stereocenters. The van der Waals surface area contributed by atoms with Crippen LogP contribution in [0.4, 0.5) is 0 Å². The molecule has 5 rings (SSSR count). The van der Waals surface area contributed by atoms with Gasteiger partial charge in [0.25, 0.3) is 0 Å². The van der Waals surface area contributed by atoms with E-state index in [-0.39, 0.29) is 18.9 Å². The van der Waals surface area contributed by atoms with Crippen molar-refractivity contribution >= 4 is 17.8 Å². The summed E-state index contributed by atoms with van der Waals surface area (Å²) in [5, 5.41) is 11.8. The predicted octanol–water partition coefficient (Wildman–Crippen LogP) is 2.15. The van der Waals surface area contributed by atoms with E-state index in [9.17, 15) is 19.5 Å². The van der Waals surface area contributed by atoms with E-state index in [0.29, 0.717) is 17.1 Å². The van der Waals surface area contributed by atoms with Gasteiger partial charge in [-0.15, -0.1) is 0 Å². The molecule has 9 heteroatoms. The van der Waals surface area contributed by atoms with Gasteiger partial charge in [0, 0.05) is 24.6 Å². The van der Waals surface area contributed by atoms with Crippen molar-refractivity contribution in [3.63, 3.8) is 0 Å². The summed E-state index contributed by atoms with van der Waals surface area (Å²) >= 11 is 0. The van der Waals surface area contributed by atoms with Gasteiger partial charge in [0.1, 0.15) is 23.0 Å². The second-order valence-corrected chi connectivity index (χ2v) is 6.76. The number of benzene rings is 2. The number of rotatable bonds is 6. The van der Waals surface area contributed by atoms with Crippen LogP contribution in [-0.4, -0.2) is 47.7 Å². The van der Waals surface area contributed by atoms with Crippen molar-refractivity contribution in [2.45, 2.75) is 25.6 Å². The molecule has 1 atom stereocenters. The molecule has 2 N–H and O–H groups in total. The molecule has 30 heavy (non-hydrogen) atoms. The summed E-state index contributed by atoms with van der Waals surface area (Å²) in [4.78, 5) is 35.9. The molecule has 0 radical (unpaired) electrons. The maximum atomic E-state index is 11.9. The number of hydrogen-bond donors (Lipinski definition) is 2. The van der Waals surface area contributed by atoms with E-state index < -0.39 is 17.5 Å². The van der Waals surface area contributed by atoms with Gasteiger partial charge < -0.3 is 29.5 Å². The molecule has 0 aliphatic carbocycles. The largest absolute Gasteiger partial charge is 0.497 e. The Hall–Kier alpha value is -3.75. The number of β-lactam (4-membered cyclic amide) rings is 1. The number of nitrogens with zero attached hydrogens (tertiary/aromatic N) is 1. The fourth-order valence-corrected chi connectivity index (χ4v) is 3.23. The van der Waals surface area contributed by atoms with Crippen molar-refractivity contribution in [2.24, 2.45) is 0 Å². The maximum absolute atomic E-state index is 11.9. The zero-order valence-corrected chi connectivity index (χ0v) is 16.8. The molecule has 3 aliphatic rings. The average Bonchev–Trinajstić information content (AvgIpc) is 2.71. The first-order chi connectivity index (χ1) is 14.3. The molecule has 3 aliphatic heterocycles. The number of carbonyl (C=O) groups is 3. The summed E-state index contributed by atoms with van der Waals surface area (Å²) in [7, 11) is 2.98. The van der Waals surface area contributed by atoms with Crippen LogP contribution < -0.4 is 19.5 Å². The normalized spacial score (nSPS) is 18.0.